The first-order valence-corrected chi connectivity index (χ1v) is 11.4. The number of ether oxygens (including phenoxy) is 1. The van der Waals surface area contributed by atoms with Gasteiger partial charge in [-0.15, -0.1) is 0 Å². The minimum Gasteiger partial charge on any atom is -0.507 e. The van der Waals surface area contributed by atoms with Crippen molar-refractivity contribution in [1.29, 1.82) is 0 Å². The molecule has 0 saturated carbocycles. The van der Waals surface area contributed by atoms with Gasteiger partial charge in [-0.05, 0) is 66.6 Å². The van der Waals surface area contributed by atoms with Crippen molar-refractivity contribution in [2.24, 2.45) is 0 Å². The van der Waals surface area contributed by atoms with E-state index in [1.165, 1.54) is 55.3 Å². The number of anilines is 1. The first kappa shape index (κ1) is 22.7. The number of amides is 1. The summed E-state index contributed by atoms with van der Waals surface area (Å²) >= 11 is 1.05. The largest absolute Gasteiger partial charge is 0.507 e. The van der Waals surface area contributed by atoms with Crippen molar-refractivity contribution in [3.63, 3.8) is 0 Å². The van der Waals surface area contributed by atoms with Crippen LogP contribution in [0.3, 0.4) is 0 Å². The van der Waals surface area contributed by atoms with E-state index in [0.717, 1.165) is 11.3 Å². The number of methoxy groups -OCH3 is 1. The molecule has 0 radical (unpaired) electrons. The lowest BCUT2D eigenvalue weighted by Crippen LogP contribution is -2.29. The number of ketones is 1. The highest BCUT2D eigenvalue weighted by Crippen LogP contribution is 2.45. The van der Waals surface area contributed by atoms with Gasteiger partial charge in [0.05, 0.1) is 28.9 Å². The molecule has 1 saturated heterocycles. The summed E-state index contributed by atoms with van der Waals surface area (Å²) in [6, 6.07) is 13.7. The average molecular weight is 493 g/mol. The Labute approximate surface area is 202 Å². The molecule has 1 atom stereocenters. The van der Waals surface area contributed by atoms with Crippen molar-refractivity contribution >= 4 is 44.1 Å². The SMILES string of the molecule is COc1cccc(C2/C(=C(\O)c3ccc(F)c(C)c3)C(=O)C(=O)N2c2nc3ccc(F)cc3s2)c1. The highest BCUT2D eigenvalue weighted by atomic mass is 32.1. The maximum Gasteiger partial charge on any atom is 0.301 e. The number of hydrogen-bond donors (Lipinski definition) is 1. The molecule has 3 aromatic carbocycles. The molecular formula is C26H18F2N2O4S. The quantitative estimate of drug-likeness (QED) is 0.231. The van der Waals surface area contributed by atoms with Gasteiger partial charge in [0.15, 0.2) is 5.13 Å². The minimum absolute atomic E-state index is 0.167. The summed E-state index contributed by atoms with van der Waals surface area (Å²) in [6.07, 6.45) is 0. The van der Waals surface area contributed by atoms with Gasteiger partial charge in [-0.25, -0.2) is 13.8 Å². The number of aliphatic hydroxyl groups is 1. The van der Waals surface area contributed by atoms with E-state index in [4.69, 9.17) is 4.74 Å². The van der Waals surface area contributed by atoms with E-state index in [0.29, 0.717) is 21.5 Å². The Morgan fingerprint density at radius 2 is 1.89 bits per heavy atom. The van der Waals surface area contributed by atoms with Crippen LogP contribution in [-0.4, -0.2) is 28.9 Å². The molecule has 0 bridgehead atoms. The lowest BCUT2D eigenvalue weighted by Gasteiger charge is -2.23. The van der Waals surface area contributed by atoms with Crippen LogP contribution in [0.15, 0.2) is 66.2 Å². The normalized spacial score (nSPS) is 17.4. The lowest BCUT2D eigenvalue weighted by molar-refractivity contribution is -0.132. The Bertz CT molecular complexity index is 1550. The van der Waals surface area contributed by atoms with Crippen molar-refractivity contribution < 1.29 is 28.2 Å². The number of Topliss-reactive ketones (excluding diaryl/α,β-unsaturated/α-hetero) is 1. The monoisotopic (exact) mass is 492 g/mol. The van der Waals surface area contributed by atoms with Gasteiger partial charge < -0.3 is 9.84 Å². The Morgan fingerprint density at radius 3 is 2.63 bits per heavy atom. The Morgan fingerprint density at radius 1 is 1.09 bits per heavy atom. The Kier molecular flexibility index (Phi) is 5.56. The van der Waals surface area contributed by atoms with Crippen LogP contribution in [0.5, 0.6) is 5.75 Å². The zero-order chi connectivity index (χ0) is 24.9. The number of benzene rings is 3. The maximum absolute atomic E-state index is 13.8. The standard InChI is InChI=1S/C26H18F2N2O4S/c1-13-10-15(6-8-18(13)28)23(31)21-22(14-4-3-5-17(11-14)34-2)30(25(33)24(21)32)26-29-19-9-7-16(27)12-20(19)35-26/h3-12,22,31H,1-2H3/b23-21+. The van der Waals surface area contributed by atoms with Crippen LogP contribution in [0, 0.1) is 18.6 Å². The van der Waals surface area contributed by atoms with Crippen molar-refractivity contribution in [2.45, 2.75) is 13.0 Å². The molecule has 176 valence electrons. The van der Waals surface area contributed by atoms with E-state index in [9.17, 15) is 23.5 Å². The smallest absolute Gasteiger partial charge is 0.301 e. The number of thiazole rings is 1. The van der Waals surface area contributed by atoms with Gasteiger partial charge >= 0.3 is 5.91 Å². The van der Waals surface area contributed by atoms with Crippen LogP contribution in [0.1, 0.15) is 22.7 Å². The second kappa shape index (κ2) is 8.59. The third kappa shape index (κ3) is 3.83. The summed E-state index contributed by atoms with van der Waals surface area (Å²) in [5.74, 6) is -2.68. The molecule has 1 aliphatic rings. The Balaban J connectivity index is 1.75. The summed E-state index contributed by atoms with van der Waals surface area (Å²) in [5, 5.41) is 11.4. The van der Waals surface area contributed by atoms with Crippen LogP contribution in [0.2, 0.25) is 0 Å². The summed E-state index contributed by atoms with van der Waals surface area (Å²) in [7, 11) is 1.49. The molecule has 0 spiro atoms. The van der Waals surface area contributed by atoms with Crippen molar-refractivity contribution in [3.05, 3.63) is 94.6 Å². The van der Waals surface area contributed by atoms with Crippen molar-refractivity contribution in [2.75, 3.05) is 12.0 Å². The van der Waals surface area contributed by atoms with Gasteiger partial charge in [-0.3, -0.25) is 14.5 Å². The van der Waals surface area contributed by atoms with E-state index < -0.39 is 35.1 Å². The molecule has 2 heterocycles. The molecule has 1 unspecified atom stereocenters. The first-order valence-electron chi connectivity index (χ1n) is 10.6. The predicted molar refractivity (Wildman–Crippen MR) is 128 cm³/mol. The fourth-order valence-corrected chi connectivity index (χ4v) is 5.11. The number of hydrogen-bond acceptors (Lipinski definition) is 6. The summed E-state index contributed by atoms with van der Waals surface area (Å²) in [5.41, 5.74) is 1.26. The van der Waals surface area contributed by atoms with Crippen LogP contribution in [0.25, 0.3) is 16.0 Å². The van der Waals surface area contributed by atoms with E-state index in [2.05, 4.69) is 4.98 Å². The van der Waals surface area contributed by atoms with Crippen LogP contribution in [0.4, 0.5) is 13.9 Å². The molecule has 6 nitrogen and oxygen atoms in total. The van der Waals surface area contributed by atoms with E-state index in [-0.39, 0.29) is 21.8 Å². The third-order valence-corrected chi connectivity index (χ3v) is 6.85. The number of nitrogens with zero attached hydrogens (tertiary/aromatic N) is 2. The number of carbonyl (C=O) groups excluding carboxylic acids is 2. The molecule has 1 aliphatic heterocycles. The number of halogens is 2. The zero-order valence-corrected chi connectivity index (χ0v) is 19.4. The molecular weight excluding hydrogens is 474 g/mol. The van der Waals surface area contributed by atoms with Crippen LogP contribution in [-0.2, 0) is 9.59 Å². The predicted octanol–water partition coefficient (Wildman–Crippen LogP) is 5.52. The summed E-state index contributed by atoms with van der Waals surface area (Å²) < 4.78 is 33.4. The van der Waals surface area contributed by atoms with E-state index >= 15 is 0 Å². The molecule has 5 rings (SSSR count). The van der Waals surface area contributed by atoms with Crippen molar-refractivity contribution in [3.8, 4) is 5.75 Å². The molecule has 9 heteroatoms. The van der Waals surface area contributed by atoms with E-state index in [1.807, 2.05) is 0 Å². The fraction of sp³-hybridized carbons (Fsp3) is 0.115. The van der Waals surface area contributed by atoms with E-state index in [1.54, 1.807) is 24.3 Å². The van der Waals surface area contributed by atoms with Gasteiger partial charge in [0.25, 0.3) is 5.78 Å². The minimum atomic E-state index is -1.04. The number of rotatable bonds is 4. The van der Waals surface area contributed by atoms with Gasteiger partial charge in [0, 0.05) is 5.56 Å². The van der Waals surface area contributed by atoms with Gasteiger partial charge in [0.2, 0.25) is 0 Å². The summed E-state index contributed by atoms with van der Waals surface area (Å²) in [4.78, 5) is 32.2. The topological polar surface area (TPSA) is 79.7 Å². The average Bonchev–Trinajstić information content (AvgIpc) is 3.38. The highest BCUT2D eigenvalue weighted by Gasteiger charge is 2.48. The first-order chi connectivity index (χ1) is 16.8. The molecule has 1 aromatic heterocycles. The zero-order valence-electron chi connectivity index (χ0n) is 18.6. The second-order valence-electron chi connectivity index (χ2n) is 8.02. The number of aryl methyl sites for hydroxylation is 1. The van der Waals surface area contributed by atoms with Gasteiger partial charge in [0.1, 0.15) is 23.1 Å². The third-order valence-electron chi connectivity index (χ3n) is 5.83. The molecule has 35 heavy (non-hydrogen) atoms. The van der Waals surface area contributed by atoms with Gasteiger partial charge in [-0.2, -0.15) is 0 Å². The van der Waals surface area contributed by atoms with Crippen LogP contribution < -0.4 is 9.64 Å². The number of aromatic nitrogens is 1. The number of carbonyl (C=O) groups is 2. The molecule has 0 aliphatic carbocycles. The second-order valence-corrected chi connectivity index (χ2v) is 9.03. The molecule has 1 N–H and O–H groups in total. The van der Waals surface area contributed by atoms with Crippen LogP contribution >= 0.6 is 11.3 Å². The number of aliphatic hydroxyl groups excluding tert-OH is 1. The van der Waals surface area contributed by atoms with Gasteiger partial charge in [-0.1, -0.05) is 23.5 Å². The maximum atomic E-state index is 13.8. The lowest BCUT2D eigenvalue weighted by atomic mass is 9.95. The Hall–Kier alpha value is -4.11. The summed E-state index contributed by atoms with van der Waals surface area (Å²) in [6.45, 7) is 1.53. The molecule has 4 aromatic rings. The fourth-order valence-electron chi connectivity index (χ4n) is 4.09. The number of fused-ring (bicyclic) bond motifs is 1. The highest BCUT2D eigenvalue weighted by molar-refractivity contribution is 7.22. The molecule has 1 amide bonds. The van der Waals surface area contributed by atoms with Crippen molar-refractivity contribution in [1.82, 2.24) is 4.98 Å². The molecule has 1 fully saturated rings.